The first-order valence-corrected chi connectivity index (χ1v) is 11.6. The summed E-state index contributed by atoms with van der Waals surface area (Å²) in [6, 6.07) is 14.2. The largest absolute Gasteiger partial charge is 0.497 e. The maximum absolute atomic E-state index is 13.0. The van der Waals surface area contributed by atoms with Crippen molar-refractivity contribution in [1.29, 1.82) is 0 Å². The SMILES string of the molecule is COc1ccc(C(NC(=O)c2ccc(CCNS(C)(=O)=O)cc2)c2nccn2C)cc1. The van der Waals surface area contributed by atoms with Gasteiger partial charge in [-0.2, -0.15) is 0 Å². The predicted molar refractivity (Wildman–Crippen MR) is 119 cm³/mol. The van der Waals surface area contributed by atoms with Crippen LogP contribution in [-0.2, 0) is 23.5 Å². The minimum Gasteiger partial charge on any atom is -0.497 e. The van der Waals surface area contributed by atoms with Crippen LogP contribution >= 0.6 is 0 Å². The van der Waals surface area contributed by atoms with Crippen molar-refractivity contribution in [3.05, 3.63) is 83.4 Å². The van der Waals surface area contributed by atoms with Gasteiger partial charge in [0.15, 0.2) is 0 Å². The minimum atomic E-state index is -3.22. The molecule has 2 aromatic carbocycles. The van der Waals surface area contributed by atoms with Gasteiger partial charge in [0.25, 0.3) is 5.91 Å². The monoisotopic (exact) mass is 442 g/mol. The van der Waals surface area contributed by atoms with Gasteiger partial charge in [-0.1, -0.05) is 24.3 Å². The summed E-state index contributed by atoms with van der Waals surface area (Å²) in [5, 5.41) is 3.06. The highest BCUT2D eigenvalue weighted by Gasteiger charge is 2.21. The summed E-state index contributed by atoms with van der Waals surface area (Å²) in [6.07, 6.45) is 5.19. The number of hydrogen-bond donors (Lipinski definition) is 2. The number of nitrogens with one attached hydrogen (secondary N) is 2. The van der Waals surface area contributed by atoms with Crippen LogP contribution in [0.4, 0.5) is 0 Å². The Kier molecular flexibility index (Phi) is 7.09. The molecule has 3 rings (SSSR count). The molecule has 3 aromatic rings. The van der Waals surface area contributed by atoms with Gasteiger partial charge in [-0.3, -0.25) is 4.79 Å². The van der Waals surface area contributed by atoms with E-state index in [0.29, 0.717) is 24.4 Å². The van der Waals surface area contributed by atoms with Crippen LogP contribution in [0.15, 0.2) is 60.9 Å². The fourth-order valence-electron chi connectivity index (χ4n) is 3.17. The van der Waals surface area contributed by atoms with E-state index >= 15 is 0 Å². The molecule has 1 atom stereocenters. The Bertz CT molecular complexity index is 1120. The van der Waals surface area contributed by atoms with Crippen LogP contribution in [0.5, 0.6) is 5.75 Å². The number of aryl methyl sites for hydroxylation is 1. The van der Waals surface area contributed by atoms with E-state index in [0.717, 1.165) is 23.1 Å². The van der Waals surface area contributed by atoms with Gasteiger partial charge >= 0.3 is 0 Å². The summed E-state index contributed by atoms with van der Waals surface area (Å²) in [5.74, 6) is 1.21. The van der Waals surface area contributed by atoms with Crippen LogP contribution in [0.25, 0.3) is 0 Å². The molecule has 0 saturated heterocycles. The maximum atomic E-state index is 13.0. The van der Waals surface area contributed by atoms with Gasteiger partial charge in [-0.15, -0.1) is 0 Å². The molecule has 164 valence electrons. The maximum Gasteiger partial charge on any atom is 0.252 e. The van der Waals surface area contributed by atoms with Gasteiger partial charge in [0.05, 0.1) is 13.4 Å². The van der Waals surface area contributed by atoms with Gasteiger partial charge in [0.2, 0.25) is 10.0 Å². The fraction of sp³-hybridized carbons (Fsp3) is 0.273. The van der Waals surface area contributed by atoms with Gasteiger partial charge in [-0.05, 0) is 41.8 Å². The Morgan fingerprint density at radius 3 is 2.35 bits per heavy atom. The molecule has 0 aliphatic heterocycles. The summed E-state index contributed by atoms with van der Waals surface area (Å²) in [5.41, 5.74) is 2.32. The number of amides is 1. The van der Waals surface area contributed by atoms with Crippen molar-refractivity contribution in [1.82, 2.24) is 19.6 Å². The Hall–Kier alpha value is -3.17. The summed E-state index contributed by atoms with van der Waals surface area (Å²) in [6.45, 7) is 0.309. The van der Waals surface area contributed by atoms with Crippen molar-refractivity contribution in [2.24, 2.45) is 7.05 Å². The van der Waals surface area contributed by atoms with E-state index in [-0.39, 0.29) is 5.91 Å². The highest BCUT2D eigenvalue weighted by atomic mass is 32.2. The number of imidazole rings is 1. The van der Waals surface area contributed by atoms with E-state index < -0.39 is 16.1 Å². The molecule has 1 amide bonds. The van der Waals surface area contributed by atoms with Crippen molar-refractivity contribution in [2.75, 3.05) is 19.9 Å². The molecular formula is C22H26N4O4S. The van der Waals surface area contributed by atoms with E-state index in [9.17, 15) is 13.2 Å². The van der Waals surface area contributed by atoms with Crippen LogP contribution in [0.1, 0.15) is 33.4 Å². The summed E-state index contributed by atoms with van der Waals surface area (Å²) in [4.78, 5) is 17.4. The highest BCUT2D eigenvalue weighted by molar-refractivity contribution is 7.88. The molecule has 8 nitrogen and oxygen atoms in total. The minimum absolute atomic E-state index is 0.232. The zero-order valence-electron chi connectivity index (χ0n) is 17.7. The molecule has 1 unspecified atom stereocenters. The van der Waals surface area contributed by atoms with E-state index in [1.807, 2.05) is 54.2 Å². The zero-order chi connectivity index (χ0) is 22.4. The van der Waals surface area contributed by atoms with Crippen molar-refractivity contribution >= 4 is 15.9 Å². The molecule has 0 fully saturated rings. The quantitative estimate of drug-likeness (QED) is 0.528. The predicted octanol–water partition coefficient (Wildman–Crippen LogP) is 2.04. The van der Waals surface area contributed by atoms with Crippen molar-refractivity contribution in [3.63, 3.8) is 0 Å². The Morgan fingerprint density at radius 1 is 1.13 bits per heavy atom. The van der Waals surface area contributed by atoms with E-state index in [1.165, 1.54) is 0 Å². The normalized spacial score (nSPS) is 12.4. The third-order valence-electron chi connectivity index (χ3n) is 4.84. The number of sulfonamides is 1. The lowest BCUT2D eigenvalue weighted by atomic mass is 10.0. The fourth-order valence-corrected chi connectivity index (χ4v) is 3.64. The topological polar surface area (TPSA) is 102 Å². The van der Waals surface area contributed by atoms with E-state index in [4.69, 9.17) is 4.74 Å². The first-order valence-electron chi connectivity index (χ1n) is 9.72. The second-order valence-electron chi connectivity index (χ2n) is 7.19. The Morgan fingerprint density at radius 2 is 1.81 bits per heavy atom. The molecule has 0 saturated carbocycles. The van der Waals surface area contributed by atoms with Crippen LogP contribution in [0.2, 0.25) is 0 Å². The summed E-state index contributed by atoms with van der Waals surface area (Å²) >= 11 is 0. The van der Waals surface area contributed by atoms with Crippen molar-refractivity contribution < 1.29 is 17.9 Å². The summed E-state index contributed by atoms with van der Waals surface area (Å²) in [7, 11) is 0.269. The van der Waals surface area contributed by atoms with Crippen LogP contribution < -0.4 is 14.8 Å². The number of hydrogen-bond acceptors (Lipinski definition) is 5. The summed E-state index contributed by atoms with van der Waals surface area (Å²) < 4.78 is 31.9. The van der Waals surface area contributed by atoms with Crippen molar-refractivity contribution in [3.8, 4) is 5.75 Å². The lowest BCUT2D eigenvalue weighted by Crippen LogP contribution is -2.31. The molecular weight excluding hydrogens is 416 g/mol. The number of nitrogens with zero attached hydrogens (tertiary/aromatic N) is 2. The Labute approximate surface area is 182 Å². The second kappa shape index (κ2) is 9.76. The molecule has 9 heteroatoms. The number of rotatable bonds is 9. The molecule has 2 N–H and O–H groups in total. The standard InChI is InChI=1S/C22H26N4O4S/c1-26-15-14-23-21(26)20(17-8-10-19(30-2)11-9-17)25-22(27)18-6-4-16(5-7-18)12-13-24-31(3,28)29/h4-11,14-15,20,24H,12-13H2,1-3H3,(H,25,27). The van der Waals surface area contributed by atoms with E-state index in [1.54, 1.807) is 25.4 Å². The molecule has 0 bridgehead atoms. The van der Waals surface area contributed by atoms with Crippen LogP contribution in [0.3, 0.4) is 0 Å². The molecule has 1 aromatic heterocycles. The lowest BCUT2D eigenvalue weighted by Gasteiger charge is -2.19. The number of carbonyl (C=O) groups excluding carboxylic acids is 1. The molecule has 0 aliphatic rings. The van der Waals surface area contributed by atoms with Crippen molar-refractivity contribution in [2.45, 2.75) is 12.5 Å². The number of benzene rings is 2. The molecule has 0 aliphatic carbocycles. The molecule has 0 radical (unpaired) electrons. The second-order valence-corrected chi connectivity index (χ2v) is 9.02. The number of ether oxygens (including phenoxy) is 1. The molecule has 31 heavy (non-hydrogen) atoms. The average Bonchev–Trinajstić information content (AvgIpc) is 3.17. The third-order valence-corrected chi connectivity index (χ3v) is 5.56. The molecule has 0 spiro atoms. The van der Waals surface area contributed by atoms with Gasteiger partial charge in [-0.25, -0.2) is 18.1 Å². The smallest absolute Gasteiger partial charge is 0.252 e. The molecule has 1 heterocycles. The van der Waals surface area contributed by atoms with Gasteiger partial charge in [0.1, 0.15) is 17.6 Å². The average molecular weight is 443 g/mol. The zero-order valence-corrected chi connectivity index (χ0v) is 18.5. The first kappa shape index (κ1) is 22.5. The van der Waals surface area contributed by atoms with E-state index in [2.05, 4.69) is 15.0 Å². The van der Waals surface area contributed by atoms with Gasteiger partial charge in [0, 0.05) is 31.5 Å². The number of aromatic nitrogens is 2. The number of methoxy groups -OCH3 is 1. The third kappa shape index (κ3) is 6.16. The highest BCUT2D eigenvalue weighted by Crippen LogP contribution is 2.23. The van der Waals surface area contributed by atoms with Crippen LogP contribution in [-0.4, -0.2) is 43.8 Å². The lowest BCUT2D eigenvalue weighted by molar-refractivity contribution is 0.0941. The van der Waals surface area contributed by atoms with Crippen LogP contribution in [0, 0.1) is 0 Å². The number of carbonyl (C=O) groups is 1. The van der Waals surface area contributed by atoms with Gasteiger partial charge < -0.3 is 14.6 Å². The first-order chi connectivity index (χ1) is 14.8. The Balaban J connectivity index is 1.75.